The highest BCUT2D eigenvalue weighted by molar-refractivity contribution is 7.09. The quantitative estimate of drug-likeness (QED) is 0.312. The van der Waals surface area contributed by atoms with Crippen LogP contribution in [0.25, 0.3) is 11.6 Å². The van der Waals surface area contributed by atoms with Gasteiger partial charge in [0.15, 0.2) is 0 Å². The minimum absolute atomic E-state index is 0.823. The first kappa shape index (κ1) is 22.0. The summed E-state index contributed by atoms with van der Waals surface area (Å²) in [6, 6.07) is 13.0. The molecule has 0 unspecified atom stereocenters. The molecule has 30 heavy (non-hydrogen) atoms. The SMILES string of the molecule is C=C(C)/C(=C/c1cnc(CCCC)n1Cc1ccc(C(=C)C)cc1)Cc1cccs1. The highest BCUT2D eigenvalue weighted by Gasteiger charge is 2.11. The Bertz CT molecular complexity index is 1020. The average molecular weight is 417 g/mol. The third-order valence-electron chi connectivity index (χ3n) is 5.33. The lowest BCUT2D eigenvalue weighted by Crippen LogP contribution is -2.08. The van der Waals surface area contributed by atoms with Crippen LogP contribution < -0.4 is 0 Å². The Labute approximate surface area is 185 Å². The van der Waals surface area contributed by atoms with E-state index in [4.69, 9.17) is 4.98 Å². The molecule has 3 aromatic rings. The number of thiophene rings is 1. The molecule has 2 aromatic heterocycles. The third-order valence-corrected chi connectivity index (χ3v) is 6.20. The lowest BCUT2D eigenvalue weighted by Gasteiger charge is -2.13. The van der Waals surface area contributed by atoms with Crippen molar-refractivity contribution in [2.24, 2.45) is 0 Å². The highest BCUT2D eigenvalue weighted by atomic mass is 32.1. The molecule has 1 aromatic carbocycles. The number of allylic oxidation sites excluding steroid dienone is 3. The fraction of sp³-hybridized carbons (Fsp3) is 0.296. The van der Waals surface area contributed by atoms with Crippen molar-refractivity contribution < 1.29 is 0 Å². The standard InChI is InChI=1S/C27H32N2S/c1-6-7-10-27-28-18-25(16-24(21(4)5)17-26-9-8-15-30-26)29(27)19-22-11-13-23(14-12-22)20(2)3/h8-9,11-16,18H,2,4,6-7,10,17,19H2,1,3,5H3/b24-16+. The molecule has 2 heterocycles. The Hall–Kier alpha value is -2.65. The summed E-state index contributed by atoms with van der Waals surface area (Å²) in [4.78, 5) is 6.14. The average Bonchev–Trinajstić information content (AvgIpc) is 3.37. The summed E-state index contributed by atoms with van der Waals surface area (Å²) in [6.45, 7) is 15.5. The molecule has 0 saturated carbocycles. The van der Waals surface area contributed by atoms with Crippen molar-refractivity contribution in [3.8, 4) is 0 Å². The summed E-state index contributed by atoms with van der Waals surface area (Å²) >= 11 is 1.79. The Morgan fingerprint density at radius 1 is 1.13 bits per heavy atom. The van der Waals surface area contributed by atoms with Gasteiger partial charge in [0.1, 0.15) is 5.82 Å². The maximum Gasteiger partial charge on any atom is 0.109 e. The minimum Gasteiger partial charge on any atom is -0.324 e. The van der Waals surface area contributed by atoms with Crippen LogP contribution in [-0.4, -0.2) is 9.55 Å². The van der Waals surface area contributed by atoms with E-state index in [1.165, 1.54) is 28.0 Å². The van der Waals surface area contributed by atoms with Gasteiger partial charge < -0.3 is 4.57 Å². The summed E-state index contributed by atoms with van der Waals surface area (Å²) in [5.74, 6) is 1.16. The molecule has 2 nitrogen and oxygen atoms in total. The predicted molar refractivity (Wildman–Crippen MR) is 132 cm³/mol. The fourth-order valence-electron chi connectivity index (χ4n) is 3.44. The van der Waals surface area contributed by atoms with Gasteiger partial charge in [-0.1, -0.05) is 68.0 Å². The second kappa shape index (κ2) is 10.4. The molecule has 3 rings (SSSR count). The van der Waals surface area contributed by atoms with Crippen LogP contribution in [0.1, 0.15) is 61.1 Å². The maximum atomic E-state index is 4.78. The normalized spacial score (nSPS) is 11.6. The van der Waals surface area contributed by atoms with E-state index < -0.39 is 0 Å². The summed E-state index contributed by atoms with van der Waals surface area (Å²) in [7, 11) is 0. The van der Waals surface area contributed by atoms with Gasteiger partial charge in [-0.25, -0.2) is 4.98 Å². The molecular formula is C27H32N2S. The predicted octanol–water partition coefficient (Wildman–Crippen LogP) is 7.57. The van der Waals surface area contributed by atoms with Gasteiger partial charge >= 0.3 is 0 Å². The summed E-state index contributed by atoms with van der Waals surface area (Å²) in [5, 5.41) is 2.13. The molecule has 0 atom stereocenters. The molecule has 0 aliphatic rings. The summed E-state index contributed by atoms with van der Waals surface area (Å²) in [5.41, 5.74) is 7.09. The fourth-order valence-corrected chi connectivity index (χ4v) is 4.17. The van der Waals surface area contributed by atoms with Crippen molar-refractivity contribution in [3.63, 3.8) is 0 Å². The molecule has 0 amide bonds. The lowest BCUT2D eigenvalue weighted by molar-refractivity contribution is 0.674. The van der Waals surface area contributed by atoms with E-state index in [2.05, 4.69) is 79.4 Å². The molecule has 0 aliphatic heterocycles. The second-order valence-electron chi connectivity index (χ2n) is 7.97. The van der Waals surface area contributed by atoms with E-state index in [-0.39, 0.29) is 0 Å². The lowest BCUT2D eigenvalue weighted by atomic mass is 10.0. The van der Waals surface area contributed by atoms with Crippen LogP contribution in [0, 0.1) is 0 Å². The van der Waals surface area contributed by atoms with Crippen LogP contribution in [0.2, 0.25) is 0 Å². The number of aryl methyl sites for hydroxylation is 1. The largest absolute Gasteiger partial charge is 0.324 e. The Morgan fingerprint density at radius 3 is 2.50 bits per heavy atom. The number of aromatic nitrogens is 2. The van der Waals surface area contributed by atoms with E-state index >= 15 is 0 Å². The van der Waals surface area contributed by atoms with Crippen LogP contribution >= 0.6 is 11.3 Å². The van der Waals surface area contributed by atoms with Crippen molar-refractivity contribution in [1.29, 1.82) is 0 Å². The van der Waals surface area contributed by atoms with Gasteiger partial charge in [0.2, 0.25) is 0 Å². The Kier molecular flexibility index (Phi) is 7.64. The molecule has 0 spiro atoms. The zero-order valence-corrected chi connectivity index (χ0v) is 19.3. The van der Waals surface area contributed by atoms with E-state index in [0.29, 0.717) is 0 Å². The molecule has 0 bridgehead atoms. The molecule has 0 fully saturated rings. The summed E-state index contributed by atoms with van der Waals surface area (Å²) in [6.07, 6.45) is 8.52. The number of unbranched alkanes of at least 4 members (excludes halogenated alkanes) is 1. The number of hydrogen-bond acceptors (Lipinski definition) is 2. The number of hydrogen-bond donors (Lipinski definition) is 0. The molecule has 0 radical (unpaired) electrons. The van der Waals surface area contributed by atoms with Gasteiger partial charge in [0.05, 0.1) is 11.9 Å². The first-order valence-corrected chi connectivity index (χ1v) is 11.5. The Morgan fingerprint density at radius 2 is 1.90 bits per heavy atom. The van der Waals surface area contributed by atoms with Crippen LogP contribution in [0.15, 0.2) is 72.3 Å². The topological polar surface area (TPSA) is 17.8 Å². The number of benzene rings is 1. The van der Waals surface area contributed by atoms with Crippen LogP contribution in [0.3, 0.4) is 0 Å². The monoisotopic (exact) mass is 416 g/mol. The van der Waals surface area contributed by atoms with E-state index in [9.17, 15) is 0 Å². The molecule has 0 saturated heterocycles. The molecular weight excluding hydrogens is 384 g/mol. The van der Waals surface area contributed by atoms with Gasteiger partial charge in [0.25, 0.3) is 0 Å². The van der Waals surface area contributed by atoms with Gasteiger partial charge in [0, 0.05) is 24.3 Å². The van der Waals surface area contributed by atoms with Crippen LogP contribution in [0.5, 0.6) is 0 Å². The number of nitrogens with zero attached hydrogens (tertiary/aromatic N) is 2. The van der Waals surface area contributed by atoms with E-state index in [1.807, 2.05) is 13.1 Å². The third kappa shape index (κ3) is 5.70. The zero-order chi connectivity index (χ0) is 21.5. The van der Waals surface area contributed by atoms with Gasteiger partial charge in [-0.2, -0.15) is 0 Å². The number of rotatable bonds is 10. The molecule has 0 aliphatic carbocycles. The highest BCUT2D eigenvalue weighted by Crippen LogP contribution is 2.23. The minimum atomic E-state index is 0.823. The second-order valence-corrected chi connectivity index (χ2v) is 9.00. The van der Waals surface area contributed by atoms with E-state index in [0.717, 1.165) is 48.5 Å². The molecule has 3 heteroatoms. The molecule has 156 valence electrons. The first-order chi connectivity index (χ1) is 14.5. The van der Waals surface area contributed by atoms with Crippen molar-refractivity contribution in [3.05, 3.63) is 99.8 Å². The van der Waals surface area contributed by atoms with Crippen molar-refractivity contribution in [1.82, 2.24) is 9.55 Å². The van der Waals surface area contributed by atoms with E-state index in [1.54, 1.807) is 11.3 Å². The number of imidazole rings is 1. The molecule has 0 N–H and O–H groups in total. The van der Waals surface area contributed by atoms with Gasteiger partial charge in [-0.15, -0.1) is 11.3 Å². The Balaban J connectivity index is 1.94. The van der Waals surface area contributed by atoms with Crippen LogP contribution in [-0.2, 0) is 19.4 Å². The summed E-state index contributed by atoms with van der Waals surface area (Å²) < 4.78 is 2.36. The van der Waals surface area contributed by atoms with Crippen LogP contribution in [0.4, 0.5) is 0 Å². The van der Waals surface area contributed by atoms with Crippen molar-refractivity contribution in [2.75, 3.05) is 0 Å². The maximum absolute atomic E-state index is 4.78. The van der Waals surface area contributed by atoms with Gasteiger partial charge in [-0.3, -0.25) is 0 Å². The van der Waals surface area contributed by atoms with Crippen molar-refractivity contribution >= 4 is 23.0 Å². The zero-order valence-electron chi connectivity index (χ0n) is 18.4. The first-order valence-electron chi connectivity index (χ1n) is 10.7. The van der Waals surface area contributed by atoms with Gasteiger partial charge in [-0.05, 0) is 54.5 Å². The smallest absolute Gasteiger partial charge is 0.109 e. The van der Waals surface area contributed by atoms with Crippen molar-refractivity contribution in [2.45, 2.75) is 53.0 Å².